The van der Waals surface area contributed by atoms with Gasteiger partial charge in [0.25, 0.3) is 35.2 Å². The van der Waals surface area contributed by atoms with Crippen LogP contribution < -0.4 is 31.4 Å². The average Bonchev–Trinajstić information content (AvgIpc) is 3.84. The van der Waals surface area contributed by atoms with E-state index in [1.54, 1.807) is 6.92 Å². The maximum absolute atomic E-state index is 13.7. The number of carbonyl (C=O) groups is 7. The summed E-state index contributed by atoms with van der Waals surface area (Å²) in [6.07, 6.45) is -4.84. The quantitative estimate of drug-likeness (QED) is 0.0243. The molecule has 1 saturated heterocycles. The van der Waals surface area contributed by atoms with Crippen LogP contribution in [0.2, 0.25) is 0 Å². The molecule has 63 heavy (non-hydrogen) atoms. The van der Waals surface area contributed by atoms with Crippen molar-refractivity contribution in [3.8, 4) is 11.5 Å². The first-order valence-electron chi connectivity index (χ1n) is 17.8. The molecule has 3 aromatic heterocycles. The van der Waals surface area contributed by atoms with Crippen molar-refractivity contribution in [3.63, 3.8) is 0 Å². The summed E-state index contributed by atoms with van der Waals surface area (Å²) in [6, 6.07) is 3.69. The molecule has 22 nitrogen and oxygen atoms in total. The molecule has 2 aliphatic heterocycles. The van der Waals surface area contributed by atoms with E-state index < -0.39 is 76.3 Å². The largest absolute Gasteiger partial charge is 0.477 e. The normalized spacial score (nSPS) is 16.5. The van der Waals surface area contributed by atoms with Gasteiger partial charge in [0.1, 0.15) is 27.8 Å². The van der Waals surface area contributed by atoms with E-state index in [4.69, 9.17) is 20.0 Å². The SMILES string of the molecule is CC(=O)Oc1ccc(C(=O)NNC(=O)C(C)(C)ON=C(C(=O)NC2C(=O)N3C(C(=O)O)=C(CSc4cc(C)nc5nc(C(F)(F)F)nn45)CS[C@H]23)c2csc(N)n2)cc1OC(C)=O. The highest BCUT2D eigenvalue weighted by atomic mass is 32.2. The van der Waals surface area contributed by atoms with E-state index in [9.17, 15) is 51.8 Å². The molecular formula is C35H32F3N11O11S3. The van der Waals surface area contributed by atoms with Gasteiger partial charge >= 0.3 is 24.1 Å². The van der Waals surface area contributed by atoms with Gasteiger partial charge in [0.05, 0.1) is 0 Å². The number of β-lactam (4-membered cyclic amide) rings is 1. The molecule has 1 unspecified atom stereocenters. The summed E-state index contributed by atoms with van der Waals surface area (Å²) in [7, 11) is 0. The molecule has 6 rings (SSSR count). The van der Waals surface area contributed by atoms with E-state index in [1.165, 1.54) is 37.4 Å². The highest BCUT2D eigenvalue weighted by Crippen LogP contribution is 2.42. The maximum Gasteiger partial charge on any atom is 0.453 e. The van der Waals surface area contributed by atoms with Crippen LogP contribution in [0.4, 0.5) is 18.3 Å². The molecule has 4 amide bonds. The molecule has 0 saturated carbocycles. The summed E-state index contributed by atoms with van der Waals surface area (Å²) >= 11 is 3.01. The molecule has 332 valence electrons. The molecule has 28 heteroatoms. The van der Waals surface area contributed by atoms with E-state index >= 15 is 0 Å². The number of aromatic nitrogens is 5. The Labute approximate surface area is 364 Å². The molecular weight excluding hydrogens is 904 g/mol. The third-order valence-electron chi connectivity index (χ3n) is 8.49. The number of esters is 2. The van der Waals surface area contributed by atoms with Gasteiger partial charge in [-0.05, 0) is 50.6 Å². The lowest BCUT2D eigenvalue weighted by Crippen LogP contribution is -2.71. The van der Waals surface area contributed by atoms with E-state index in [1.807, 2.05) is 0 Å². The number of anilines is 1. The molecule has 0 radical (unpaired) electrons. The van der Waals surface area contributed by atoms with E-state index in [0.29, 0.717) is 5.69 Å². The topological polar surface area (TPSA) is 301 Å². The third-order valence-corrected chi connectivity index (χ3v) is 11.6. The number of oxime groups is 1. The number of nitrogens with one attached hydrogen (secondary N) is 3. The zero-order valence-corrected chi connectivity index (χ0v) is 35.5. The molecule has 4 aromatic rings. The van der Waals surface area contributed by atoms with Crippen molar-refractivity contribution in [2.75, 3.05) is 17.2 Å². The zero-order valence-electron chi connectivity index (χ0n) is 33.1. The highest BCUT2D eigenvalue weighted by molar-refractivity contribution is 8.01. The van der Waals surface area contributed by atoms with Crippen molar-refractivity contribution in [1.82, 2.24) is 45.6 Å². The average molecular weight is 936 g/mol. The number of hydrogen-bond donors (Lipinski definition) is 5. The van der Waals surface area contributed by atoms with Crippen LogP contribution in [0, 0.1) is 6.92 Å². The first kappa shape index (κ1) is 45.7. The van der Waals surface area contributed by atoms with Crippen LogP contribution in [0.3, 0.4) is 0 Å². The van der Waals surface area contributed by atoms with Crippen molar-refractivity contribution in [2.24, 2.45) is 5.16 Å². The second kappa shape index (κ2) is 17.9. The molecule has 0 bridgehead atoms. The van der Waals surface area contributed by atoms with Crippen LogP contribution >= 0.6 is 34.9 Å². The number of fused-ring (bicyclic) bond motifs is 2. The second-order valence-electron chi connectivity index (χ2n) is 13.7. The van der Waals surface area contributed by atoms with E-state index in [-0.39, 0.29) is 61.5 Å². The van der Waals surface area contributed by atoms with Crippen molar-refractivity contribution in [2.45, 2.75) is 62.8 Å². The first-order valence-corrected chi connectivity index (χ1v) is 20.7. The molecule has 2 atom stereocenters. The number of hydrogen-bond acceptors (Lipinski definition) is 19. The number of thiazole rings is 1. The number of nitrogen functional groups attached to an aromatic ring is 1. The summed E-state index contributed by atoms with van der Waals surface area (Å²) in [4.78, 5) is 107. The van der Waals surface area contributed by atoms with Gasteiger partial charge in [0.2, 0.25) is 5.60 Å². The standard InChI is InChI=1S/C35H32F3N11O11S3/c1-13-8-21(49-33(40-13)43-30(46-49)35(36,37)38)61-10-17-11-62-28-23(27(54)48(28)24(17)29(55)56)42-26(53)22(18-12-63-32(39)41-18)47-60-34(4,5)31(57)45-44-25(52)16-6-7-19(58-14(2)50)20(9-16)59-15(3)51/h6-9,12,23,28H,10-11H2,1-5H3,(H2,39,41)(H,42,53)(H,44,52)(H,45,57)(H,55,56)/t23?,28-/m1/s1. The number of amides is 4. The van der Waals surface area contributed by atoms with Gasteiger partial charge in [-0.15, -0.1) is 40.0 Å². The van der Waals surface area contributed by atoms with Gasteiger partial charge in [-0.25, -0.2) is 14.8 Å². The summed E-state index contributed by atoms with van der Waals surface area (Å²) in [5.74, 6) is -8.77. The number of ether oxygens (including phenoxy) is 2. The number of rotatable bonds is 13. The van der Waals surface area contributed by atoms with Gasteiger partial charge in [0, 0.05) is 42.0 Å². The Morgan fingerprint density at radius 1 is 1.03 bits per heavy atom. The predicted octanol–water partition coefficient (Wildman–Crippen LogP) is 1.83. The van der Waals surface area contributed by atoms with Crippen LogP contribution in [0.5, 0.6) is 11.5 Å². The van der Waals surface area contributed by atoms with Crippen molar-refractivity contribution >= 4 is 93.0 Å². The Morgan fingerprint density at radius 3 is 2.37 bits per heavy atom. The lowest BCUT2D eigenvalue weighted by Gasteiger charge is -2.49. The van der Waals surface area contributed by atoms with Crippen molar-refractivity contribution < 1.29 is 66.2 Å². The Balaban J connectivity index is 1.13. The third kappa shape index (κ3) is 10.1. The highest BCUT2D eigenvalue weighted by Gasteiger charge is 2.54. The minimum atomic E-state index is -4.84. The molecule has 6 N–H and O–H groups in total. The summed E-state index contributed by atoms with van der Waals surface area (Å²) in [5, 5.41) is 20.7. The van der Waals surface area contributed by atoms with Crippen molar-refractivity contribution in [3.05, 3.63) is 63.7 Å². The molecule has 1 fully saturated rings. The van der Waals surface area contributed by atoms with Crippen LogP contribution in [-0.2, 0) is 39.8 Å². The molecule has 0 aliphatic carbocycles. The minimum absolute atomic E-state index is 0.0191. The fourth-order valence-corrected chi connectivity index (χ4v) is 8.69. The molecule has 5 heterocycles. The Hall–Kier alpha value is -6.81. The minimum Gasteiger partial charge on any atom is -0.477 e. The Bertz CT molecular complexity index is 2650. The number of benzene rings is 1. The van der Waals surface area contributed by atoms with Crippen LogP contribution in [-0.4, -0.2) is 110 Å². The monoisotopic (exact) mass is 935 g/mol. The number of nitrogens with zero attached hydrogens (tertiary/aromatic N) is 7. The first-order chi connectivity index (χ1) is 29.5. The number of nitrogens with two attached hydrogens (primary N) is 1. The molecule has 1 aromatic carbocycles. The Kier molecular flexibility index (Phi) is 13.0. The molecule has 2 aliphatic rings. The fraction of sp³-hybridized carbons (Fsp3) is 0.314. The van der Waals surface area contributed by atoms with Gasteiger partial charge in [0.15, 0.2) is 22.3 Å². The number of hydrazine groups is 1. The summed E-state index contributed by atoms with van der Waals surface area (Å²) < 4.78 is 50.9. The predicted molar refractivity (Wildman–Crippen MR) is 214 cm³/mol. The number of carboxylic acid groups (broad SMARTS) is 1. The second-order valence-corrected chi connectivity index (χ2v) is 16.6. The zero-order chi connectivity index (χ0) is 46.1. The number of thioether (sulfide) groups is 2. The fourth-order valence-electron chi connectivity index (χ4n) is 5.60. The van der Waals surface area contributed by atoms with Crippen molar-refractivity contribution in [1.29, 1.82) is 0 Å². The summed E-state index contributed by atoms with van der Waals surface area (Å²) in [6.45, 7) is 6.22. The van der Waals surface area contributed by atoms with Gasteiger partial charge in [-0.2, -0.15) is 22.7 Å². The Morgan fingerprint density at radius 2 is 1.73 bits per heavy atom. The van der Waals surface area contributed by atoms with Gasteiger partial charge in [-0.3, -0.25) is 44.5 Å². The maximum atomic E-state index is 13.7. The number of alkyl halides is 3. The lowest BCUT2D eigenvalue weighted by atomic mass is 10.0. The number of halogens is 3. The number of aliphatic carboxylic acids is 1. The lowest BCUT2D eigenvalue weighted by molar-refractivity contribution is -0.150. The van der Waals surface area contributed by atoms with E-state index in [2.05, 4.69) is 41.4 Å². The smallest absolute Gasteiger partial charge is 0.453 e. The van der Waals surface area contributed by atoms with Crippen LogP contribution in [0.15, 0.2) is 51.1 Å². The van der Waals surface area contributed by atoms with Gasteiger partial charge < -0.3 is 30.5 Å². The number of carboxylic acids is 1. The summed E-state index contributed by atoms with van der Waals surface area (Å²) in [5.41, 5.74) is 7.64. The van der Waals surface area contributed by atoms with Crippen LogP contribution in [0.25, 0.3) is 5.78 Å². The number of carbonyl (C=O) groups excluding carboxylic acids is 6. The van der Waals surface area contributed by atoms with Crippen LogP contribution in [0.1, 0.15) is 55.3 Å². The van der Waals surface area contributed by atoms with Gasteiger partial charge in [-0.1, -0.05) is 5.16 Å². The number of aryl methyl sites for hydroxylation is 1. The van der Waals surface area contributed by atoms with E-state index in [0.717, 1.165) is 64.2 Å². The molecule has 0 spiro atoms.